The van der Waals surface area contributed by atoms with Crippen LogP contribution >= 0.6 is 0 Å². The summed E-state index contributed by atoms with van der Waals surface area (Å²) in [7, 11) is 0.777. The third kappa shape index (κ3) is 11.7. The van der Waals surface area contributed by atoms with E-state index in [0.29, 0.717) is 5.56 Å². The van der Waals surface area contributed by atoms with Crippen molar-refractivity contribution in [1.29, 1.82) is 0 Å². The molecular formula is C29H25Cl2NOSiZr. The molecule has 0 saturated heterocycles. The van der Waals surface area contributed by atoms with E-state index in [1.165, 1.54) is 21.1 Å². The van der Waals surface area contributed by atoms with Crippen molar-refractivity contribution >= 4 is 36.6 Å². The second kappa shape index (κ2) is 18.0. The minimum Gasteiger partial charge on any atom is -1.00 e. The van der Waals surface area contributed by atoms with Crippen molar-refractivity contribution in [3.8, 4) is 0 Å². The number of aryl methyl sites for hydroxylation is 1. The van der Waals surface area contributed by atoms with Gasteiger partial charge in [-0.2, -0.15) is 17.5 Å². The van der Waals surface area contributed by atoms with Crippen LogP contribution in [0.5, 0.6) is 0 Å². The number of amides is 1. The van der Waals surface area contributed by atoms with Crippen LogP contribution in [0.2, 0.25) is 0 Å². The normalized spacial score (nSPS) is 8.94. The van der Waals surface area contributed by atoms with E-state index in [1.54, 1.807) is 18.2 Å². The van der Waals surface area contributed by atoms with Crippen LogP contribution in [0.4, 0.5) is 0 Å². The van der Waals surface area contributed by atoms with Crippen LogP contribution in [0.3, 0.4) is 0 Å². The van der Waals surface area contributed by atoms with E-state index in [4.69, 9.17) is 5.73 Å². The van der Waals surface area contributed by atoms with E-state index in [1.807, 2.05) is 13.0 Å². The summed E-state index contributed by atoms with van der Waals surface area (Å²) in [6, 6.07) is 42.8. The van der Waals surface area contributed by atoms with Gasteiger partial charge in [0.25, 0.3) is 0 Å². The van der Waals surface area contributed by atoms with Gasteiger partial charge in [0.15, 0.2) is 0 Å². The van der Waals surface area contributed by atoms with E-state index in [2.05, 4.69) is 103 Å². The molecule has 2 radical (unpaired) electrons. The Kier molecular flexibility index (Phi) is 16.8. The average Bonchev–Trinajstić information content (AvgIpc) is 3.30. The first-order valence-corrected chi connectivity index (χ1v) is 11.4. The Hall–Kier alpha value is -2.36. The summed E-state index contributed by atoms with van der Waals surface area (Å²) in [6.07, 6.45) is 0. The Morgan fingerprint density at radius 2 is 1.26 bits per heavy atom. The van der Waals surface area contributed by atoms with Crippen molar-refractivity contribution < 1.29 is 55.8 Å². The number of fused-ring (bicyclic) bond motifs is 1. The van der Waals surface area contributed by atoms with Gasteiger partial charge >= 0.3 is 26.2 Å². The molecule has 0 heterocycles. The van der Waals surface area contributed by atoms with Crippen LogP contribution < -0.4 is 35.2 Å². The van der Waals surface area contributed by atoms with Gasteiger partial charge in [0.1, 0.15) is 9.52 Å². The zero-order valence-corrected chi connectivity index (χ0v) is 24.3. The molecule has 0 spiro atoms. The van der Waals surface area contributed by atoms with E-state index >= 15 is 0 Å². The number of nitrogens with one attached hydrogen (secondary N) is 1. The molecule has 0 bridgehead atoms. The predicted molar refractivity (Wildman–Crippen MR) is 137 cm³/mol. The zero-order valence-electron chi connectivity index (χ0n) is 19.3. The first kappa shape index (κ1) is 32.6. The van der Waals surface area contributed by atoms with Crippen LogP contribution in [-0.2, 0) is 26.2 Å². The van der Waals surface area contributed by atoms with Gasteiger partial charge in [-0.1, -0.05) is 107 Å². The molecule has 6 heteroatoms. The molecule has 0 unspecified atom stereocenters. The van der Waals surface area contributed by atoms with Crippen molar-refractivity contribution in [2.45, 2.75) is 6.92 Å². The average molecular weight is 594 g/mol. The predicted octanol–water partition coefficient (Wildman–Crippen LogP) is 0.0932. The smallest absolute Gasteiger partial charge is 1.00 e. The van der Waals surface area contributed by atoms with Crippen molar-refractivity contribution in [3.63, 3.8) is 0 Å². The summed E-state index contributed by atoms with van der Waals surface area (Å²) in [5, 5.41) is 5.46. The standard InChI is InChI=1S/C12H10Si.C9H7.C8H9NO.2ClH.Zr/c1-3-7-11(8-4-1)13-12-9-5-2-6-10-12;1-2-5-9-7-3-6-8(9)4-1;1-6-3-2-4-7(5-6)8(9)10;;;/h1-10H;1-7H;2-5H,1H3,(H2,9,10);2*1H;/q;-1;;;;+4/p-3. The van der Waals surface area contributed by atoms with Crippen LogP contribution in [0.25, 0.3) is 16.5 Å². The Morgan fingerprint density at radius 1 is 0.714 bits per heavy atom. The molecule has 5 aromatic carbocycles. The molecule has 2 nitrogen and oxygen atoms in total. The van der Waals surface area contributed by atoms with Crippen LogP contribution in [0.1, 0.15) is 15.9 Å². The molecule has 0 aromatic heterocycles. The number of halogens is 2. The Balaban J connectivity index is 0.000000483. The summed E-state index contributed by atoms with van der Waals surface area (Å²) in [6.45, 7) is 1.90. The van der Waals surface area contributed by atoms with Gasteiger partial charge in [-0.05, 0) is 12.5 Å². The van der Waals surface area contributed by atoms with Crippen LogP contribution in [-0.4, -0.2) is 15.4 Å². The maximum absolute atomic E-state index is 10.5. The first-order chi connectivity index (χ1) is 15.6. The monoisotopic (exact) mass is 591 g/mol. The topological polar surface area (TPSA) is 40.9 Å². The van der Waals surface area contributed by atoms with Gasteiger partial charge in [-0.25, -0.2) is 0 Å². The molecule has 0 fully saturated rings. The third-order valence-corrected chi connectivity index (χ3v) is 5.91. The van der Waals surface area contributed by atoms with Gasteiger partial charge in [-0.3, -0.25) is 0 Å². The second-order valence-corrected chi connectivity index (χ2v) is 8.62. The van der Waals surface area contributed by atoms with Gasteiger partial charge in [0, 0.05) is 0 Å². The first-order valence-electron chi connectivity index (χ1n) is 10.4. The van der Waals surface area contributed by atoms with Crippen LogP contribution in [0, 0.1) is 6.92 Å². The Morgan fingerprint density at radius 3 is 1.74 bits per heavy atom. The molecule has 1 N–H and O–H groups in total. The van der Waals surface area contributed by atoms with Crippen molar-refractivity contribution in [3.05, 3.63) is 144 Å². The molecule has 0 aliphatic heterocycles. The SMILES string of the molecule is Cc1cccc(C([NH-])=O)c1.[Cl-].[Cl-].[Zr+4].c1ccc([Si]c2ccccc2)cc1.c1ccc2[cH-]ccc2c1. The molecule has 174 valence electrons. The number of hydrogen-bond acceptors (Lipinski definition) is 1. The van der Waals surface area contributed by atoms with Gasteiger partial charge in [0.2, 0.25) is 0 Å². The van der Waals surface area contributed by atoms with Crippen LogP contribution in [0.15, 0.2) is 127 Å². The largest absolute Gasteiger partial charge is 4.00 e. The molecule has 0 aliphatic carbocycles. The number of carbonyl (C=O) groups excluding carboxylic acids is 1. The minimum atomic E-state index is -0.622. The summed E-state index contributed by atoms with van der Waals surface area (Å²) in [5.41, 5.74) is 8.25. The van der Waals surface area contributed by atoms with Gasteiger partial charge < -0.3 is 35.3 Å². The van der Waals surface area contributed by atoms with E-state index in [9.17, 15) is 4.79 Å². The second-order valence-electron chi connectivity index (χ2n) is 7.21. The van der Waals surface area contributed by atoms with Crippen molar-refractivity contribution in [2.75, 3.05) is 0 Å². The Bertz CT molecular complexity index is 1180. The number of benzene rings is 4. The zero-order chi connectivity index (χ0) is 22.6. The van der Waals surface area contributed by atoms with Crippen molar-refractivity contribution in [1.82, 2.24) is 0 Å². The maximum atomic E-state index is 10.5. The molecule has 0 atom stereocenters. The quantitative estimate of drug-likeness (QED) is 0.216. The van der Waals surface area contributed by atoms with Crippen molar-refractivity contribution in [2.24, 2.45) is 0 Å². The fourth-order valence-electron chi connectivity index (χ4n) is 3.07. The summed E-state index contributed by atoms with van der Waals surface area (Å²) < 4.78 is 0. The summed E-state index contributed by atoms with van der Waals surface area (Å²) in [4.78, 5) is 10.5. The minimum absolute atomic E-state index is 0. The number of carbonyl (C=O) groups is 1. The molecule has 0 aliphatic rings. The fourth-order valence-corrected chi connectivity index (χ4v) is 4.12. The molecule has 1 amide bonds. The summed E-state index contributed by atoms with van der Waals surface area (Å²) >= 11 is 0. The number of rotatable bonds is 3. The van der Waals surface area contributed by atoms with E-state index in [-0.39, 0.29) is 51.0 Å². The Labute approximate surface area is 242 Å². The van der Waals surface area contributed by atoms with Gasteiger partial charge in [0.05, 0.1) is 5.91 Å². The molecule has 5 rings (SSSR count). The molecule has 5 aromatic rings. The molecule has 35 heavy (non-hydrogen) atoms. The van der Waals surface area contributed by atoms with E-state index < -0.39 is 5.91 Å². The summed E-state index contributed by atoms with van der Waals surface area (Å²) in [5.74, 6) is -0.622. The molecule has 0 saturated carbocycles. The number of hydrogen-bond donors (Lipinski definition) is 0. The fraction of sp³-hybridized carbons (Fsp3) is 0.0345. The van der Waals surface area contributed by atoms with E-state index in [0.717, 1.165) is 15.1 Å². The molecular weight excluding hydrogens is 569 g/mol. The van der Waals surface area contributed by atoms with Gasteiger partial charge in [-0.15, -0.1) is 29.7 Å². The maximum Gasteiger partial charge on any atom is 4.00 e. The third-order valence-electron chi connectivity index (χ3n) is 4.66.